The third kappa shape index (κ3) is 2.95. The molecule has 0 saturated heterocycles. The lowest BCUT2D eigenvalue weighted by Gasteiger charge is -2.08. The highest BCUT2D eigenvalue weighted by Gasteiger charge is 2.10. The predicted molar refractivity (Wildman–Crippen MR) is 67.9 cm³/mol. The Hall–Kier alpha value is -1.59. The second-order valence-electron chi connectivity index (χ2n) is 3.32. The summed E-state index contributed by atoms with van der Waals surface area (Å²) in [6.07, 6.45) is 1.74. The first-order valence-corrected chi connectivity index (χ1v) is 6.06. The average Bonchev–Trinajstić information content (AvgIpc) is 2.80. The van der Waals surface area contributed by atoms with E-state index in [1.165, 1.54) is 17.4 Å². The van der Waals surface area contributed by atoms with E-state index >= 15 is 0 Å². The van der Waals surface area contributed by atoms with Crippen molar-refractivity contribution in [2.24, 2.45) is 0 Å². The van der Waals surface area contributed by atoms with Crippen LogP contribution in [0.3, 0.4) is 0 Å². The number of anilines is 1. The topological polar surface area (TPSA) is 62.2 Å². The maximum atomic E-state index is 11.0. The number of rotatable bonds is 4. The largest absolute Gasteiger partial charge is 0.478 e. The van der Waals surface area contributed by atoms with Gasteiger partial charge in [-0.2, -0.15) is 0 Å². The van der Waals surface area contributed by atoms with Crippen LogP contribution >= 0.6 is 22.9 Å². The fourth-order valence-corrected chi connectivity index (χ4v) is 2.07. The minimum atomic E-state index is -1.00. The molecule has 0 radical (unpaired) electrons. The summed E-state index contributed by atoms with van der Waals surface area (Å²) >= 11 is 7.27. The van der Waals surface area contributed by atoms with Crippen LogP contribution in [-0.4, -0.2) is 16.1 Å². The number of hydrogen-bond acceptors (Lipinski definition) is 4. The summed E-state index contributed by atoms with van der Waals surface area (Å²) in [5, 5.41) is 12.5. The highest BCUT2D eigenvalue weighted by atomic mass is 35.5. The maximum absolute atomic E-state index is 11.0. The van der Waals surface area contributed by atoms with Gasteiger partial charge in [0.25, 0.3) is 0 Å². The quantitative estimate of drug-likeness (QED) is 0.894. The molecule has 0 aliphatic carbocycles. The van der Waals surface area contributed by atoms with Gasteiger partial charge in [-0.1, -0.05) is 11.6 Å². The Morgan fingerprint density at radius 3 is 3.00 bits per heavy atom. The summed E-state index contributed by atoms with van der Waals surface area (Å²) in [4.78, 5) is 16.0. The molecule has 2 aromatic rings. The van der Waals surface area contributed by atoms with Gasteiger partial charge >= 0.3 is 5.97 Å². The Labute approximate surface area is 107 Å². The Kier molecular flexibility index (Phi) is 3.61. The lowest BCUT2D eigenvalue weighted by molar-refractivity contribution is 0.0698. The normalized spacial score (nSPS) is 10.2. The molecule has 17 heavy (non-hydrogen) atoms. The van der Waals surface area contributed by atoms with E-state index in [0.717, 1.165) is 4.88 Å². The molecule has 0 aliphatic heterocycles. The van der Waals surface area contributed by atoms with Gasteiger partial charge in [-0.25, -0.2) is 4.79 Å². The van der Waals surface area contributed by atoms with Crippen molar-refractivity contribution in [3.05, 3.63) is 45.4 Å². The zero-order valence-electron chi connectivity index (χ0n) is 8.68. The molecule has 0 spiro atoms. The molecule has 0 aliphatic rings. The van der Waals surface area contributed by atoms with Gasteiger partial charge in [-0.3, -0.25) is 4.98 Å². The monoisotopic (exact) mass is 268 g/mol. The number of carboxylic acid groups (broad SMARTS) is 1. The molecule has 4 nitrogen and oxygen atoms in total. The fraction of sp³-hybridized carbons (Fsp3) is 0.0909. The summed E-state index contributed by atoms with van der Waals surface area (Å²) in [6, 6.07) is 4.74. The molecule has 2 rings (SSSR count). The van der Waals surface area contributed by atoms with Crippen molar-refractivity contribution < 1.29 is 9.90 Å². The van der Waals surface area contributed by atoms with E-state index in [0.29, 0.717) is 17.3 Å². The van der Waals surface area contributed by atoms with Crippen molar-refractivity contribution in [2.75, 3.05) is 5.32 Å². The average molecular weight is 269 g/mol. The summed E-state index contributed by atoms with van der Waals surface area (Å²) < 4.78 is 0. The highest BCUT2D eigenvalue weighted by Crippen LogP contribution is 2.21. The second kappa shape index (κ2) is 5.16. The molecule has 88 valence electrons. The SMILES string of the molecule is O=C(O)c1cc(Cl)ccc1NCc1cncs1. The molecule has 1 aromatic heterocycles. The first-order valence-electron chi connectivity index (χ1n) is 4.81. The van der Waals surface area contributed by atoms with Gasteiger partial charge in [-0.15, -0.1) is 11.3 Å². The van der Waals surface area contributed by atoms with E-state index in [1.54, 1.807) is 23.8 Å². The van der Waals surface area contributed by atoms with Gasteiger partial charge in [0.15, 0.2) is 0 Å². The highest BCUT2D eigenvalue weighted by molar-refractivity contribution is 7.09. The third-order valence-corrected chi connectivity index (χ3v) is 3.16. The number of hydrogen-bond donors (Lipinski definition) is 2. The number of aromatic nitrogens is 1. The summed E-state index contributed by atoms with van der Waals surface area (Å²) in [5.41, 5.74) is 2.45. The van der Waals surface area contributed by atoms with E-state index in [4.69, 9.17) is 16.7 Å². The fourth-order valence-electron chi connectivity index (χ4n) is 1.36. The van der Waals surface area contributed by atoms with Crippen LogP contribution in [0.4, 0.5) is 5.69 Å². The van der Waals surface area contributed by atoms with Crippen molar-refractivity contribution in [3.63, 3.8) is 0 Å². The first-order chi connectivity index (χ1) is 8.16. The van der Waals surface area contributed by atoms with Gasteiger partial charge in [0.1, 0.15) is 0 Å². The van der Waals surface area contributed by atoms with Crippen LogP contribution in [0.25, 0.3) is 0 Å². The van der Waals surface area contributed by atoms with Gasteiger partial charge in [-0.05, 0) is 18.2 Å². The van der Waals surface area contributed by atoms with Gasteiger partial charge in [0.2, 0.25) is 0 Å². The van der Waals surface area contributed by atoms with Crippen LogP contribution in [0, 0.1) is 0 Å². The minimum Gasteiger partial charge on any atom is -0.478 e. The number of benzene rings is 1. The molecule has 0 fully saturated rings. The molecule has 1 aromatic carbocycles. The smallest absolute Gasteiger partial charge is 0.337 e. The van der Waals surface area contributed by atoms with Crippen LogP contribution in [0.1, 0.15) is 15.2 Å². The number of halogens is 1. The van der Waals surface area contributed by atoms with Gasteiger partial charge < -0.3 is 10.4 Å². The van der Waals surface area contributed by atoms with E-state index in [1.807, 2.05) is 0 Å². The molecule has 0 saturated carbocycles. The van der Waals surface area contributed by atoms with Crippen LogP contribution in [-0.2, 0) is 6.54 Å². The van der Waals surface area contributed by atoms with E-state index < -0.39 is 5.97 Å². The Balaban J connectivity index is 2.17. The van der Waals surface area contributed by atoms with Crippen molar-refractivity contribution >= 4 is 34.6 Å². The third-order valence-electron chi connectivity index (χ3n) is 2.15. The Morgan fingerprint density at radius 1 is 1.53 bits per heavy atom. The van der Waals surface area contributed by atoms with Crippen molar-refractivity contribution in [3.8, 4) is 0 Å². The summed E-state index contributed by atoms with van der Waals surface area (Å²) in [5.74, 6) is -1.00. The lowest BCUT2D eigenvalue weighted by Crippen LogP contribution is -2.05. The molecular weight excluding hydrogens is 260 g/mol. The Bertz CT molecular complexity index is 528. The predicted octanol–water partition coefficient (Wildman–Crippen LogP) is 3.11. The summed E-state index contributed by atoms with van der Waals surface area (Å²) in [6.45, 7) is 0.548. The number of carbonyl (C=O) groups is 1. The molecule has 0 atom stereocenters. The van der Waals surface area contributed by atoms with Crippen molar-refractivity contribution in [1.82, 2.24) is 4.98 Å². The second-order valence-corrected chi connectivity index (χ2v) is 4.72. The van der Waals surface area contributed by atoms with Crippen LogP contribution in [0.2, 0.25) is 5.02 Å². The van der Waals surface area contributed by atoms with E-state index in [9.17, 15) is 4.79 Å². The molecule has 0 unspecified atom stereocenters. The van der Waals surface area contributed by atoms with Gasteiger partial charge in [0.05, 0.1) is 17.6 Å². The van der Waals surface area contributed by atoms with Crippen molar-refractivity contribution in [1.29, 1.82) is 0 Å². The minimum absolute atomic E-state index is 0.169. The van der Waals surface area contributed by atoms with Crippen LogP contribution in [0.5, 0.6) is 0 Å². The van der Waals surface area contributed by atoms with Gasteiger partial charge in [0, 0.05) is 21.8 Å². The molecule has 0 bridgehead atoms. The number of nitrogens with zero attached hydrogens (tertiary/aromatic N) is 1. The van der Waals surface area contributed by atoms with Crippen molar-refractivity contribution in [2.45, 2.75) is 6.54 Å². The molecular formula is C11H9ClN2O2S. The lowest BCUT2D eigenvalue weighted by atomic mass is 10.2. The molecule has 0 amide bonds. The van der Waals surface area contributed by atoms with Crippen LogP contribution in [0.15, 0.2) is 29.9 Å². The zero-order chi connectivity index (χ0) is 12.3. The zero-order valence-corrected chi connectivity index (χ0v) is 10.3. The van der Waals surface area contributed by atoms with Crippen LogP contribution < -0.4 is 5.32 Å². The number of carboxylic acids is 1. The van der Waals surface area contributed by atoms with E-state index in [2.05, 4.69) is 10.3 Å². The number of aromatic carboxylic acids is 1. The number of nitrogens with one attached hydrogen (secondary N) is 1. The van der Waals surface area contributed by atoms with E-state index in [-0.39, 0.29) is 5.56 Å². The first kappa shape index (κ1) is 11.9. The Morgan fingerprint density at radius 2 is 2.35 bits per heavy atom. The standard InChI is InChI=1S/C11H9ClN2O2S/c12-7-1-2-10(9(3-7)11(15)16)14-5-8-4-13-6-17-8/h1-4,6,14H,5H2,(H,15,16). The molecule has 6 heteroatoms. The molecule has 1 heterocycles. The summed E-state index contributed by atoms with van der Waals surface area (Å²) in [7, 11) is 0. The maximum Gasteiger partial charge on any atom is 0.337 e. The number of thiazole rings is 1. The molecule has 2 N–H and O–H groups in total.